The summed E-state index contributed by atoms with van der Waals surface area (Å²) in [7, 11) is 0. The Hall–Kier alpha value is -2.28. The van der Waals surface area contributed by atoms with Crippen molar-refractivity contribution in [3.8, 4) is 10.6 Å². The van der Waals surface area contributed by atoms with Crippen molar-refractivity contribution in [1.29, 1.82) is 0 Å². The molecular formula is C10H6N4O2S. The van der Waals surface area contributed by atoms with Gasteiger partial charge in [0.2, 0.25) is 0 Å². The highest BCUT2D eigenvalue weighted by molar-refractivity contribution is 7.13. The Labute approximate surface area is 99.2 Å². The van der Waals surface area contributed by atoms with E-state index in [1.165, 1.54) is 4.52 Å². The van der Waals surface area contributed by atoms with Crippen LogP contribution in [-0.4, -0.2) is 30.7 Å². The fourth-order valence-corrected chi connectivity index (χ4v) is 2.23. The number of carbonyl (C=O) groups is 1. The standard InChI is InChI=1S/C10H6N4O2S/c15-9(16)8-12-10-11-4-3-6(14(10)13-8)7-2-1-5-17-7/h1-5H,(H,15,16). The highest BCUT2D eigenvalue weighted by Gasteiger charge is 2.14. The summed E-state index contributed by atoms with van der Waals surface area (Å²) in [5.41, 5.74) is 0.782. The van der Waals surface area contributed by atoms with Crippen LogP contribution in [0.3, 0.4) is 0 Å². The van der Waals surface area contributed by atoms with Gasteiger partial charge in [0.1, 0.15) is 0 Å². The second-order valence-corrected chi connectivity index (χ2v) is 4.21. The summed E-state index contributed by atoms with van der Waals surface area (Å²) in [4.78, 5) is 19.6. The number of aromatic nitrogens is 4. The van der Waals surface area contributed by atoms with Gasteiger partial charge in [0.05, 0.1) is 10.6 Å². The van der Waals surface area contributed by atoms with Gasteiger partial charge in [-0.3, -0.25) is 0 Å². The van der Waals surface area contributed by atoms with Gasteiger partial charge in [0.25, 0.3) is 11.6 Å². The highest BCUT2D eigenvalue weighted by Crippen LogP contribution is 2.23. The minimum absolute atomic E-state index is 0.249. The first-order valence-corrected chi connectivity index (χ1v) is 5.62. The summed E-state index contributed by atoms with van der Waals surface area (Å²) in [5.74, 6) is -1.12. The van der Waals surface area contributed by atoms with E-state index in [2.05, 4.69) is 15.1 Å². The Morgan fingerprint density at radius 1 is 1.41 bits per heavy atom. The van der Waals surface area contributed by atoms with E-state index in [1.54, 1.807) is 23.6 Å². The zero-order valence-corrected chi connectivity index (χ0v) is 9.26. The Morgan fingerprint density at radius 3 is 3.00 bits per heavy atom. The van der Waals surface area contributed by atoms with E-state index in [1.807, 2.05) is 17.5 Å². The van der Waals surface area contributed by atoms with Crippen LogP contribution in [0, 0.1) is 0 Å². The summed E-state index contributed by atoms with van der Waals surface area (Å²) >= 11 is 1.54. The molecule has 0 aromatic carbocycles. The molecule has 0 aliphatic carbocycles. The van der Waals surface area contributed by atoms with E-state index >= 15 is 0 Å². The molecule has 0 fully saturated rings. The molecule has 3 heterocycles. The predicted octanol–water partition coefficient (Wildman–Crippen LogP) is 1.55. The van der Waals surface area contributed by atoms with Crippen molar-refractivity contribution in [3.63, 3.8) is 0 Å². The van der Waals surface area contributed by atoms with E-state index in [4.69, 9.17) is 5.11 Å². The molecule has 7 heteroatoms. The predicted molar refractivity (Wildman–Crippen MR) is 61.1 cm³/mol. The maximum atomic E-state index is 10.8. The molecule has 0 saturated carbocycles. The van der Waals surface area contributed by atoms with Crippen molar-refractivity contribution in [2.75, 3.05) is 0 Å². The number of nitrogens with zero attached hydrogens (tertiary/aromatic N) is 4. The second-order valence-electron chi connectivity index (χ2n) is 3.26. The quantitative estimate of drug-likeness (QED) is 0.742. The number of aromatic carboxylic acids is 1. The third kappa shape index (κ3) is 1.56. The van der Waals surface area contributed by atoms with E-state index in [0.717, 1.165) is 10.6 Å². The number of carboxylic acids is 1. The fraction of sp³-hybridized carbons (Fsp3) is 0. The van der Waals surface area contributed by atoms with Gasteiger partial charge in [0, 0.05) is 6.20 Å². The van der Waals surface area contributed by atoms with E-state index < -0.39 is 5.97 Å². The minimum atomic E-state index is -1.16. The smallest absolute Gasteiger partial charge is 0.375 e. The monoisotopic (exact) mass is 246 g/mol. The molecule has 0 radical (unpaired) electrons. The number of carboxylic acid groups (broad SMARTS) is 1. The van der Waals surface area contributed by atoms with Crippen molar-refractivity contribution < 1.29 is 9.90 Å². The molecule has 1 N–H and O–H groups in total. The summed E-state index contributed by atoms with van der Waals surface area (Å²) in [6.45, 7) is 0. The number of thiophene rings is 1. The average molecular weight is 246 g/mol. The third-order valence-corrected chi connectivity index (χ3v) is 3.10. The molecule has 0 amide bonds. The zero-order chi connectivity index (χ0) is 11.8. The summed E-state index contributed by atoms with van der Waals surface area (Å²) in [5, 5.41) is 14.7. The summed E-state index contributed by atoms with van der Waals surface area (Å²) < 4.78 is 1.44. The van der Waals surface area contributed by atoms with Gasteiger partial charge >= 0.3 is 5.97 Å². The molecule has 84 valence electrons. The van der Waals surface area contributed by atoms with Crippen molar-refractivity contribution in [2.45, 2.75) is 0 Å². The molecule has 0 atom stereocenters. The topological polar surface area (TPSA) is 80.4 Å². The van der Waals surface area contributed by atoms with Crippen LogP contribution in [0.1, 0.15) is 10.6 Å². The SMILES string of the molecule is O=C(O)c1nc2nccc(-c3cccs3)n2n1. The van der Waals surface area contributed by atoms with Crippen LogP contribution in [0.4, 0.5) is 0 Å². The maximum Gasteiger partial charge on any atom is 0.375 e. The number of hydrogen-bond donors (Lipinski definition) is 1. The van der Waals surface area contributed by atoms with Gasteiger partial charge in [-0.25, -0.2) is 9.78 Å². The van der Waals surface area contributed by atoms with Crippen LogP contribution in [0.15, 0.2) is 29.8 Å². The lowest BCUT2D eigenvalue weighted by Gasteiger charge is -1.98. The molecular weight excluding hydrogens is 240 g/mol. The Kier molecular flexibility index (Phi) is 2.12. The van der Waals surface area contributed by atoms with Crippen molar-refractivity contribution in [3.05, 3.63) is 35.6 Å². The average Bonchev–Trinajstić information content (AvgIpc) is 2.97. The molecule has 0 saturated heterocycles. The molecule has 0 unspecified atom stereocenters. The van der Waals surface area contributed by atoms with Gasteiger partial charge in [0.15, 0.2) is 0 Å². The lowest BCUT2D eigenvalue weighted by molar-refractivity contribution is 0.0684. The largest absolute Gasteiger partial charge is 0.475 e. The molecule has 0 spiro atoms. The van der Waals surface area contributed by atoms with Gasteiger partial charge in [-0.05, 0) is 17.5 Å². The first kappa shape index (κ1) is 9.91. The van der Waals surface area contributed by atoms with Crippen LogP contribution >= 0.6 is 11.3 Å². The van der Waals surface area contributed by atoms with Crippen LogP contribution in [0.5, 0.6) is 0 Å². The van der Waals surface area contributed by atoms with E-state index in [-0.39, 0.29) is 11.6 Å². The molecule has 3 rings (SSSR count). The highest BCUT2D eigenvalue weighted by atomic mass is 32.1. The van der Waals surface area contributed by atoms with Crippen LogP contribution in [0.25, 0.3) is 16.3 Å². The lowest BCUT2D eigenvalue weighted by atomic mass is 10.3. The van der Waals surface area contributed by atoms with Gasteiger partial charge < -0.3 is 5.11 Å². The molecule has 0 aliphatic rings. The van der Waals surface area contributed by atoms with Gasteiger partial charge in [-0.1, -0.05) is 6.07 Å². The Morgan fingerprint density at radius 2 is 2.29 bits per heavy atom. The number of fused-ring (bicyclic) bond motifs is 1. The molecule has 0 bridgehead atoms. The molecule has 0 aliphatic heterocycles. The summed E-state index contributed by atoms with van der Waals surface area (Å²) in [6.07, 6.45) is 1.59. The maximum absolute atomic E-state index is 10.8. The zero-order valence-electron chi connectivity index (χ0n) is 8.44. The minimum Gasteiger partial charge on any atom is -0.475 e. The van der Waals surface area contributed by atoms with Crippen molar-refractivity contribution in [1.82, 2.24) is 19.6 Å². The van der Waals surface area contributed by atoms with Crippen LogP contribution < -0.4 is 0 Å². The fourth-order valence-electron chi connectivity index (χ4n) is 1.50. The summed E-state index contributed by atoms with van der Waals surface area (Å²) in [6, 6.07) is 5.63. The third-order valence-electron chi connectivity index (χ3n) is 2.21. The molecule has 17 heavy (non-hydrogen) atoms. The van der Waals surface area contributed by atoms with Gasteiger partial charge in [-0.2, -0.15) is 9.50 Å². The molecule has 3 aromatic heterocycles. The first-order valence-electron chi connectivity index (χ1n) is 4.74. The van der Waals surface area contributed by atoms with Crippen LogP contribution in [-0.2, 0) is 0 Å². The second kappa shape index (κ2) is 3.63. The van der Waals surface area contributed by atoms with Crippen LogP contribution in [0.2, 0.25) is 0 Å². The van der Waals surface area contributed by atoms with Crippen molar-refractivity contribution in [2.24, 2.45) is 0 Å². The molecule has 6 nitrogen and oxygen atoms in total. The molecule has 3 aromatic rings. The normalized spacial score (nSPS) is 10.8. The van der Waals surface area contributed by atoms with Crippen molar-refractivity contribution >= 4 is 23.1 Å². The Balaban J connectivity index is 2.29. The number of hydrogen-bond acceptors (Lipinski definition) is 5. The van der Waals surface area contributed by atoms with E-state index in [9.17, 15) is 4.79 Å². The van der Waals surface area contributed by atoms with E-state index in [0.29, 0.717) is 0 Å². The first-order chi connectivity index (χ1) is 8.25. The van der Waals surface area contributed by atoms with Gasteiger partial charge in [-0.15, -0.1) is 16.4 Å². The Bertz CT molecular complexity index is 689. The lowest BCUT2D eigenvalue weighted by Crippen LogP contribution is -2.00. The number of rotatable bonds is 2.